The van der Waals surface area contributed by atoms with Gasteiger partial charge in [-0.15, -0.1) is 0 Å². The lowest BCUT2D eigenvalue weighted by molar-refractivity contribution is 0.0562. The van der Waals surface area contributed by atoms with E-state index in [1.54, 1.807) is 18.2 Å². The maximum absolute atomic E-state index is 11.4. The minimum absolute atomic E-state index is 0.0827. The second-order valence-corrected chi connectivity index (χ2v) is 5.30. The number of rotatable bonds is 5. The molecule has 0 aliphatic heterocycles. The molecule has 2 aromatic rings. The molecular weight excluding hydrogens is 313 g/mol. The fraction of sp³-hybridized carbons (Fsp3) is 0.267. The van der Waals surface area contributed by atoms with E-state index >= 15 is 0 Å². The quantitative estimate of drug-likeness (QED) is 0.847. The molecule has 1 atom stereocenters. The minimum Gasteiger partial charge on any atom is -0.463 e. The van der Waals surface area contributed by atoms with Gasteiger partial charge < -0.3 is 14.5 Å². The van der Waals surface area contributed by atoms with Crippen LogP contribution in [0.3, 0.4) is 0 Å². The fourth-order valence-corrected chi connectivity index (χ4v) is 2.32. The normalized spacial score (nSPS) is 12.2. The van der Waals surface area contributed by atoms with Gasteiger partial charge in [-0.1, -0.05) is 29.3 Å². The highest BCUT2D eigenvalue weighted by Crippen LogP contribution is 2.26. The molecule has 0 bridgehead atoms. The van der Waals surface area contributed by atoms with Gasteiger partial charge in [0.25, 0.3) is 0 Å². The Hall–Kier alpha value is -1.49. The van der Waals surface area contributed by atoms with E-state index in [1.165, 1.54) is 7.11 Å². The molecule has 0 fully saturated rings. The number of methoxy groups -OCH3 is 1. The number of likely N-dealkylation sites (N-methyl/N-ethyl adjacent to an activating group) is 1. The van der Waals surface area contributed by atoms with Gasteiger partial charge in [0.2, 0.25) is 5.76 Å². The van der Waals surface area contributed by atoms with Gasteiger partial charge in [-0.2, -0.15) is 0 Å². The summed E-state index contributed by atoms with van der Waals surface area (Å²) in [6.07, 6.45) is 0.654. The van der Waals surface area contributed by atoms with Crippen molar-refractivity contribution in [2.45, 2.75) is 12.5 Å². The standard InChI is InChI=1S/C15H15Cl2NO3/c1-18-12(8-9-3-4-10(16)11(17)7-9)13-5-6-14(21-13)15(19)20-2/h3-7,12,18H,8H2,1-2H3. The Labute approximate surface area is 133 Å². The summed E-state index contributed by atoms with van der Waals surface area (Å²) in [4.78, 5) is 11.4. The van der Waals surface area contributed by atoms with Crippen molar-refractivity contribution in [3.05, 3.63) is 57.5 Å². The summed E-state index contributed by atoms with van der Waals surface area (Å²) in [6, 6.07) is 8.75. The highest BCUT2D eigenvalue weighted by atomic mass is 35.5. The third-order valence-corrected chi connectivity index (χ3v) is 3.87. The fourth-order valence-electron chi connectivity index (χ4n) is 2.00. The molecule has 0 aliphatic carbocycles. The molecule has 0 aliphatic rings. The highest BCUT2D eigenvalue weighted by Gasteiger charge is 2.18. The second-order valence-electron chi connectivity index (χ2n) is 4.49. The van der Waals surface area contributed by atoms with Crippen molar-refractivity contribution in [2.75, 3.05) is 14.2 Å². The van der Waals surface area contributed by atoms with Crippen molar-refractivity contribution in [3.63, 3.8) is 0 Å². The predicted octanol–water partition coefficient (Wildman–Crippen LogP) is 3.88. The van der Waals surface area contributed by atoms with Gasteiger partial charge >= 0.3 is 5.97 Å². The third-order valence-electron chi connectivity index (χ3n) is 3.13. The van der Waals surface area contributed by atoms with E-state index in [-0.39, 0.29) is 11.8 Å². The van der Waals surface area contributed by atoms with Crippen molar-refractivity contribution >= 4 is 29.2 Å². The van der Waals surface area contributed by atoms with E-state index in [9.17, 15) is 4.79 Å². The smallest absolute Gasteiger partial charge is 0.373 e. The van der Waals surface area contributed by atoms with Crippen molar-refractivity contribution in [1.82, 2.24) is 5.32 Å². The second kappa shape index (κ2) is 6.98. The van der Waals surface area contributed by atoms with Gasteiger partial charge in [-0.05, 0) is 43.3 Å². The molecule has 1 unspecified atom stereocenters. The van der Waals surface area contributed by atoms with Crippen LogP contribution in [0.5, 0.6) is 0 Å². The molecule has 4 nitrogen and oxygen atoms in total. The van der Waals surface area contributed by atoms with Crippen LogP contribution in [0.15, 0.2) is 34.7 Å². The molecule has 1 N–H and O–H groups in total. The lowest BCUT2D eigenvalue weighted by Crippen LogP contribution is -2.18. The van der Waals surface area contributed by atoms with Gasteiger partial charge in [0.15, 0.2) is 0 Å². The summed E-state index contributed by atoms with van der Waals surface area (Å²) in [6.45, 7) is 0. The first-order chi connectivity index (χ1) is 10.0. The molecule has 1 heterocycles. The Morgan fingerprint density at radius 1 is 1.29 bits per heavy atom. The van der Waals surface area contributed by atoms with Crippen LogP contribution >= 0.6 is 23.2 Å². The number of benzene rings is 1. The van der Waals surface area contributed by atoms with E-state index in [4.69, 9.17) is 27.6 Å². The molecule has 2 rings (SSSR count). The van der Waals surface area contributed by atoms with Crippen molar-refractivity contribution < 1.29 is 13.9 Å². The van der Waals surface area contributed by atoms with Crippen LogP contribution in [0.25, 0.3) is 0 Å². The first-order valence-corrected chi connectivity index (χ1v) is 7.10. The lowest BCUT2D eigenvalue weighted by atomic mass is 10.0. The number of carbonyl (C=O) groups is 1. The average Bonchev–Trinajstić information content (AvgIpc) is 2.97. The zero-order chi connectivity index (χ0) is 15.4. The molecule has 6 heteroatoms. The summed E-state index contributed by atoms with van der Waals surface area (Å²) >= 11 is 11.9. The Morgan fingerprint density at radius 3 is 2.67 bits per heavy atom. The molecule has 112 valence electrons. The van der Waals surface area contributed by atoms with E-state index in [0.29, 0.717) is 22.2 Å². The van der Waals surface area contributed by atoms with Crippen molar-refractivity contribution in [2.24, 2.45) is 0 Å². The van der Waals surface area contributed by atoms with Gasteiger partial charge in [-0.25, -0.2) is 4.79 Å². The molecule has 0 amide bonds. The van der Waals surface area contributed by atoms with Crippen molar-refractivity contribution in [3.8, 4) is 0 Å². The number of halogens is 2. The number of ether oxygens (including phenoxy) is 1. The zero-order valence-corrected chi connectivity index (χ0v) is 13.2. The van der Waals surface area contributed by atoms with Gasteiger partial charge in [0, 0.05) is 0 Å². The van der Waals surface area contributed by atoms with Crippen LogP contribution in [0.4, 0.5) is 0 Å². The number of carbonyl (C=O) groups excluding carboxylic acids is 1. The molecule has 21 heavy (non-hydrogen) atoms. The Morgan fingerprint density at radius 2 is 2.05 bits per heavy atom. The Kier molecular flexibility index (Phi) is 5.28. The van der Waals surface area contributed by atoms with Gasteiger partial charge in [-0.3, -0.25) is 0 Å². The predicted molar refractivity (Wildman–Crippen MR) is 82.0 cm³/mol. The van der Waals surface area contributed by atoms with Crippen LogP contribution in [0, 0.1) is 0 Å². The van der Waals surface area contributed by atoms with Crippen LogP contribution < -0.4 is 5.32 Å². The van der Waals surface area contributed by atoms with Crippen LogP contribution in [-0.4, -0.2) is 20.1 Å². The number of esters is 1. The highest BCUT2D eigenvalue weighted by molar-refractivity contribution is 6.42. The van der Waals surface area contributed by atoms with E-state index < -0.39 is 5.97 Å². The van der Waals surface area contributed by atoms with E-state index in [0.717, 1.165) is 5.56 Å². The molecule has 0 saturated heterocycles. The molecule has 1 aromatic heterocycles. The van der Waals surface area contributed by atoms with Gasteiger partial charge in [0.05, 0.1) is 23.2 Å². The number of furan rings is 1. The molecule has 1 aromatic carbocycles. The number of hydrogen-bond donors (Lipinski definition) is 1. The third kappa shape index (κ3) is 3.79. The number of hydrogen-bond acceptors (Lipinski definition) is 4. The Bertz CT molecular complexity index is 640. The van der Waals surface area contributed by atoms with E-state index in [1.807, 2.05) is 19.2 Å². The summed E-state index contributed by atoms with van der Waals surface area (Å²) < 4.78 is 10.1. The SMILES string of the molecule is CNC(Cc1ccc(Cl)c(Cl)c1)c1ccc(C(=O)OC)o1. The maximum atomic E-state index is 11.4. The topological polar surface area (TPSA) is 51.5 Å². The number of nitrogens with one attached hydrogen (secondary N) is 1. The van der Waals surface area contributed by atoms with Crippen LogP contribution in [-0.2, 0) is 11.2 Å². The van der Waals surface area contributed by atoms with Crippen LogP contribution in [0.1, 0.15) is 27.9 Å². The lowest BCUT2D eigenvalue weighted by Gasteiger charge is -2.14. The first-order valence-electron chi connectivity index (χ1n) is 6.34. The molecule has 0 spiro atoms. The Balaban J connectivity index is 2.17. The largest absolute Gasteiger partial charge is 0.463 e. The zero-order valence-electron chi connectivity index (χ0n) is 11.7. The minimum atomic E-state index is -0.495. The molecule has 0 radical (unpaired) electrons. The van der Waals surface area contributed by atoms with Crippen LogP contribution in [0.2, 0.25) is 10.0 Å². The summed E-state index contributed by atoms with van der Waals surface area (Å²) in [5.74, 6) is 0.344. The monoisotopic (exact) mass is 327 g/mol. The molecule has 0 saturated carbocycles. The average molecular weight is 328 g/mol. The van der Waals surface area contributed by atoms with E-state index in [2.05, 4.69) is 10.1 Å². The summed E-state index contributed by atoms with van der Waals surface area (Å²) in [7, 11) is 3.14. The maximum Gasteiger partial charge on any atom is 0.373 e. The summed E-state index contributed by atoms with van der Waals surface area (Å²) in [5.41, 5.74) is 1.01. The molecular formula is C15H15Cl2NO3. The van der Waals surface area contributed by atoms with Crippen molar-refractivity contribution in [1.29, 1.82) is 0 Å². The first kappa shape index (κ1) is 15.9. The van der Waals surface area contributed by atoms with Gasteiger partial charge in [0.1, 0.15) is 5.76 Å². The summed E-state index contributed by atoms with van der Waals surface area (Å²) in [5, 5.41) is 4.18.